The van der Waals surface area contributed by atoms with Crippen molar-refractivity contribution in [3.05, 3.63) is 35.5 Å². The number of carboxylic acid groups (broad SMARTS) is 1. The fraction of sp³-hybridized carbons (Fsp3) is 0.0833. The normalized spacial score (nSPS) is 13.5. The largest absolute Gasteiger partial charge is 1.00 e. The van der Waals surface area contributed by atoms with Crippen molar-refractivity contribution in [1.82, 2.24) is 30.2 Å². The van der Waals surface area contributed by atoms with Crippen LogP contribution in [0.1, 0.15) is 11.3 Å². The zero-order valence-corrected chi connectivity index (χ0v) is 11.9. The van der Waals surface area contributed by atoms with Crippen molar-refractivity contribution in [2.45, 2.75) is 0 Å². The molecular formula is C12H6LiN7O3. The van der Waals surface area contributed by atoms with Crippen molar-refractivity contribution in [2.24, 2.45) is 5.16 Å². The van der Waals surface area contributed by atoms with E-state index in [9.17, 15) is 9.90 Å². The SMILES string of the molecule is O=C([O-])CON=C1c2ccccc2-c2nn3nnnc3nc21.[Li+]. The van der Waals surface area contributed by atoms with Gasteiger partial charge in [0.25, 0.3) is 5.78 Å². The van der Waals surface area contributed by atoms with Crippen LogP contribution in [0.5, 0.6) is 0 Å². The maximum Gasteiger partial charge on any atom is 1.00 e. The van der Waals surface area contributed by atoms with Crippen LogP contribution in [0.3, 0.4) is 0 Å². The molecule has 10 nitrogen and oxygen atoms in total. The van der Waals surface area contributed by atoms with Gasteiger partial charge in [-0.25, -0.2) is 4.98 Å². The Kier molecular flexibility index (Phi) is 3.77. The van der Waals surface area contributed by atoms with E-state index in [-0.39, 0.29) is 24.6 Å². The Balaban J connectivity index is 0.00000156. The minimum atomic E-state index is -1.36. The molecule has 1 aromatic carbocycles. The van der Waals surface area contributed by atoms with Gasteiger partial charge in [-0.3, -0.25) is 0 Å². The van der Waals surface area contributed by atoms with Crippen LogP contribution in [0.25, 0.3) is 17.0 Å². The van der Waals surface area contributed by atoms with E-state index in [1.165, 1.54) is 4.63 Å². The maximum absolute atomic E-state index is 10.4. The van der Waals surface area contributed by atoms with E-state index in [1.807, 2.05) is 24.3 Å². The second kappa shape index (κ2) is 5.75. The molecule has 3 aromatic rings. The molecule has 0 fully saturated rings. The van der Waals surface area contributed by atoms with Gasteiger partial charge in [-0.05, 0) is 10.4 Å². The fourth-order valence-electron chi connectivity index (χ4n) is 2.22. The summed E-state index contributed by atoms with van der Waals surface area (Å²) >= 11 is 0. The summed E-state index contributed by atoms with van der Waals surface area (Å²) < 4.78 is 1.21. The predicted octanol–water partition coefficient (Wildman–Crippen LogP) is -4.58. The third-order valence-corrected chi connectivity index (χ3v) is 3.07. The van der Waals surface area contributed by atoms with Crippen LogP contribution < -0.4 is 24.0 Å². The Morgan fingerprint density at radius 3 is 2.83 bits per heavy atom. The van der Waals surface area contributed by atoms with E-state index in [0.29, 0.717) is 17.1 Å². The Morgan fingerprint density at radius 2 is 2.04 bits per heavy atom. The van der Waals surface area contributed by atoms with Crippen molar-refractivity contribution >= 4 is 17.5 Å². The first-order chi connectivity index (χ1) is 10.7. The first-order valence-corrected chi connectivity index (χ1v) is 6.20. The van der Waals surface area contributed by atoms with Gasteiger partial charge in [0.15, 0.2) is 6.61 Å². The Morgan fingerprint density at radius 1 is 1.26 bits per heavy atom. The van der Waals surface area contributed by atoms with Gasteiger partial charge in [-0.15, -0.1) is 5.10 Å². The van der Waals surface area contributed by atoms with Gasteiger partial charge in [0, 0.05) is 11.1 Å². The molecule has 23 heavy (non-hydrogen) atoms. The first-order valence-electron chi connectivity index (χ1n) is 6.20. The van der Waals surface area contributed by atoms with Crippen LogP contribution in [0, 0.1) is 0 Å². The quantitative estimate of drug-likeness (QED) is 0.273. The van der Waals surface area contributed by atoms with Crippen molar-refractivity contribution in [2.75, 3.05) is 6.61 Å². The molecule has 0 saturated heterocycles. The molecule has 2 aromatic heterocycles. The van der Waals surface area contributed by atoms with E-state index in [1.54, 1.807) is 0 Å². The minimum Gasteiger partial charge on any atom is -0.546 e. The summed E-state index contributed by atoms with van der Waals surface area (Å²) in [7, 11) is 0. The number of carboxylic acids is 1. The number of tetrazole rings is 1. The second-order valence-electron chi connectivity index (χ2n) is 4.41. The van der Waals surface area contributed by atoms with E-state index >= 15 is 0 Å². The fourth-order valence-corrected chi connectivity index (χ4v) is 2.22. The molecule has 1 aliphatic carbocycles. The maximum atomic E-state index is 10.4. The zero-order chi connectivity index (χ0) is 15.1. The number of nitrogens with zero attached hydrogens (tertiary/aromatic N) is 7. The first kappa shape index (κ1) is 15.1. The average molecular weight is 303 g/mol. The summed E-state index contributed by atoms with van der Waals surface area (Å²) in [5.41, 5.74) is 2.88. The summed E-state index contributed by atoms with van der Waals surface area (Å²) in [5.74, 6) is -1.15. The monoisotopic (exact) mass is 303 g/mol. The second-order valence-corrected chi connectivity index (χ2v) is 4.41. The molecule has 1 aliphatic rings. The number of rotatable bonds is 3. The van der Waals surface area contributed by atoms with E-state index in [0.717, 1.165) is 11.1 Å². The third kappa shape index (κ3) is 2.43. The van der Waals surface area contributed by atoms with Crippen molar-refractivity contribution in [3.63, 3.8) is 0 Å². The molecule has 2 heterocycles. The van der Waals surface area contributed by atoms with E-state index < -0.39 is 12.6 Å². The van der Waals surface area contributed by atoms with Gasteiger partial charge < -0.3 is 14.7 Å². The van der Waals surface area contributed by atoms with Gasteiger partial charge in [-0.2, -0.15) is 0 Å². The number of hydrogen-bond acceptors (Lipinski definition) is 9. The molecule has 0 amide bonds. The number of carbonyl (C=O) groups is 1. The molecule has 4 rings (SSSR count). The summed E-state index contributed by atoms with van der Waals surface area (Å²) in [6.45, 7) is -0.650. The summed E-state index contributed by atoms with van der Waals surface area (Å²) in [4.78, 5) is 19.5. The topological polar surface area (TPSA) is 131 Å². The number of aliphatic carboxylic acids is 1. The molecule has 0 N–H and O–H groups in total. The summed E-state index contributed by atoms with van der Waals surface area (Å²) in [5, 5.41) is 29.5. The molecule has 0 aliphatic heterocycles. The summed E-state index contributed by atoms with van der Waals surface area (Å²) in [6.07, 6.45) is 0. The molecule has 0 unspecified atom stereocenters. The molecule has 11 heteroatoms. The zero-order valence-electron chi connectivity index (χ0n) is 11.9. The van der Waals surface area contributed by atoms with Crippen LogP contribution in [-0.4, -0.2) is 48.5 Å². The molecule has 0 spiro atoms. The van der Waals surface area contributed by atoms with Crippen molar-refractivity contribution in [1.29, 1.82) is 0 Å². The van der Waals surface area contributed by atoms with Crippen molar-refractivity contribution < 1.29 is 33.6 Å². The standard InChI is InChI=1S/C12H7N7O3.Li/c20-8(21)5-22-16-10-7-4-2-1-3-6(7)9-11(10)13-12-14-17-18-19(12)15-9;/h1-4H,5H2,(H,20,21);/q;+1/p-1. The number of oxime groups is 1. The Hall–Kier alpha value is -2.83. The Bertz CT molecular complexity index is 939. The van der Waals surface area contributed by atoms with Crippen molar-refractivity contribution in [3.8, 4) is 11.3 Å². The molecule has 108 valence electrons. The van der Waals surface area contributed by atoms with Crippen LogP contribution in [-0.2, 0) is 9.63 Å². The number of hydrogen-bond donors (Lipinski definition) is 0. The minimum absolute atomic E-state index is 0. The third-order valence-electron chi connectivity index (χ3n) is 3.07. The molecule has 0 atom stereocenters. The van der Waals surface area contributed by atoms with Gasteiger partial charge in [0.2, 0.25) is 0 Å². The van der Waals surface area contributed by atoms with Crippen LogP contribution in [0.15, 0.2) is 29.4 Å². The van der Waals surface area contributed by atoms with Gasteiger partial charge in [0.1, 0.15) is 17.1 Å². The molecule has 0 bridgehead atoms. The van der Waals surface area contributed by atoms with Gasteiger partial charge in [0.05, 0.1) is 5.97 Å². The van der Waals surface area contributed by atoms with Crippen LogP contribution in [0.2, 0.25) is 0 Å². The summed E-state index contributed by atoms with van der Waals surface area (Å²) in [6, 6.07) is 7.33. The Labute approximate surface area is 140 Å². The van der Waals surface area contributed by atoms with Crippen LogP contribution >= 0.6 is 0 Å². The van der Waals surface area contributed by atoms with Crippen LogP contribution in [0.4, 0.5) is 0 Å². The molecule has 0 radical (unpaired) electrons. The van der Waals surface area contributed by atoms with E-state index in [4.69, 9.17) is 4.84 Å². The number of carbonyl (C=O) groups excluding carboxylic acids is 1. The number of benzene rings is 1. The molecule has 0 saturated carbocycles. The van der Waals surface area contributed by atoms with Gasteiger partial charge in [-0.1, -0.05) is 39.1 Å². The van der Waals surface area contributed by atoms with Gasteiger partial charge >= 0.3 is 18.9 Å². The average Bonchev–Trinajstić information content (AvgIpc) is 3.08. The number of aromatic nitrogens is 6. The van der Waals surface area contributed by atoms with E-state index in [2.05, 4.69) is 30.8 Å². The molecular weight excluding hydrogens is 297 g/mol. The predicted molar refractivity (Wildman–Crippen MR) is 68.4 cm³/mol. The number of fused-ring (bicyclic) bond motifs is 4. The smallest absolute Gasteiger partial charge is 0.546 e.